The summed E-state index contributed by atoms with van der Waals surface area (Å²) in [4.78, 5) is 24.3. The highest BCUT2D eigenvalue weighted by Gasteiger charge is 2.24. The zero-order valence-corrected chi connectivity index (χ0v) is 16.0. The number of fused-ring (bicyclic) bond motifs is 1. The highest BCUT2D eigenvalue weighted by atomic mass is 79.9. The van der Waals surface area contributed by atoms with E-state index in [0.29, 0.717) is 10.4 Å². The smallest absolute Gasteiger partial charge is 0.331 e. The summed E-state index contributed by atoms with van der Waals surface area (Å²) in [7, 11) is 0. The lowest BCUT2D eigenvalue weighted by molar-refractivity contribution is -0.150. The van der Waals surface area contributed by atoms with Crippen molar-refractivity contribution in [1.82, 2.24) is 5.32 Å². The van der Waals surface area contributed by atoms with Crippen molar-refractivity contribution < 1.29 is 18.7 Å². The molecule has 1 N–H and O–H groups in total. The lowest BCUT2D eigenvalue weighted by Gasteiger charge is -2.27. The van der Waals surface area contributed by atoms with E-state index in [2.05, 4.69) is 27.3 Å². The van der Waals surface area contributed by atoms with Crippen molar-refractivity contribution in [3.05, 3.63) is 64.0 Å². The molecule has 136 valence electrons. The van der Waals surface area contributed by atoms with Crippen LogP contribution in [0, 0.1) is 0 Å². The van der Waals surface area contributed by atoms with Crippen molar-refractivity contribution >= 4 is 33.9 Å². The summed E-state index contributed by atoms with van der Waals surface area (Å²) in [5, 5.41) is 2.99. The van der Waals surface area contributed by atoms with Crippen LogP contribution in [0.3, 0.4) is 0 Å². The van der Waals surface area contributed by atoms with Gasteiger partial charge in [0, 0.05) is 6.08 Å². The second-order valence-electron chi connectivity index (χ2n) is 6.21. The van der Waals surface area contributed by atoms with E-state index in [9.17, 15) is 9.59 Å². The van der Waals surface area contributed by atoms with Gasteiger partial charge in [0.25, 0.3) is 5.91 Å². The molecule has 6 heteroatoms. The number of ether oxygens (including phenoxy) is 1. The largest absolute Gasteiger partial charge is 0.450 e. The van der Waals surface area contributed by atoms with Crippen molar-refractivity contribution in [2.75, 3.05) is 0 Å². The molecule has 0 aliphatic heterocycles. The first-order chi connectivity index (χ1) is 12.5. The molecule has 0 unspecified atom stereocenters. The highest BCUT2D eigenvalue weighted by Crippen LogP contribution is 2.29. The predicted molar refractivity (Wildman–Crippen MR) is 101 cm³/mol. The normalized spacial score (nSPS) is 17.5. The van der Waals surface area contributed by atoms with E-state index in [-0.39, 0.29) is 11.9 Å². The number of hydrogen-bond acceptors (Lipinski definition) is 4. The van der Waals surface area contributed by atoms with Crippen molar-refractivity contribution in [2.24, 2.45) is 0 Å². The standard InChI is InChI=1S/C20H20BrNO4/c1-13(25-19(23)12-10-15-9-11-18(21)26-15)20(24)22-17-8-4-6-14-5-2-3-7-16(14)17/h2-3,5,7,9-13,17H,4,6,8H2,1H3,(H,22,24)/b12-10+/t13-,17-/m0/s1. The Balaban J connectivity index is 1.55. The molecular formula is C20H20BrNO4. The van der Waals surface area contributed by atoms with E-state index >= 15 is 0 Å². The number of rotatable bonds is 5. The molecule has 1 aliphatic carbocycles. The van der Waals surface area contributed by atoms with Crippen LogP contribution in [0.4, 0.5) is 0 Å². The Bertz CT molecular complexity index is 827. The van der Waals surface area contributed by atoms with Gasteiger partial charge in [-0.3, -0.25) is 4.79 Å². The van der Waals surface area contributed by atoms with E-state index in [4.69, 9.17) is 9.15 Å². The number of amides is 1. The monoisotopic (exact) mass is 417 g/mol. The third kappa shape index (κ3) is 4.64. The van der Waals surface area contributed by atoms with Gasteiger partial charge in [-0.15, -0.1) is 0 Å². The second kappa shape index (κ2) is 8.36. The topological polar surface area (TPSA) is 68.5 Å². The van der Waals surface area contributed by atoms with Crippen LogP contribution in [0.25, 0.3) is 6.08 Å². The molecule has 0 bridgehead atoms. The van der Waals surface area contributed by atoms with Gasteiger partial charge in [-0.25, -0.2) is 4.79 Å². The summed E-state index contributed by atoms with van der Waals surface area (Å²) in [5.74, 6) is -0.372. The highest BCUT2D eigenvalue weighted by molar-refractivity contribution is 9.10. The van der Waals surface area contributed by atoms with Crippen molar-refractivity contribution in [3.63, 3.8) is 0 Å². The number of esters is 1. The number of aryl methyl sites for hydroxylation is 1. The molecular weight excluding hydrogens is 398 g/mol. The molecule has 1 heterocycles. The minimum atomic E-state index is -0.871. The number of halogens is 1. The van der Waals surface area contributed by atoms with Crippen LogP contribution in [0.5, 0.6) is 0 Å². The van der Waals surface area contributed by atoms with Crippen LogP contribution in [-0.2, 0) is 20.7 Å². The first-order valence-electron chi connectivity index (χ1n) is 8.55. The molecule has 3 rings (SSSR count). The molecule has 2 atom stereocenters. The lowest BCUT2D eigenvalue weighted by Crippen LogP contribution is -2.39. The average molecular weight is 418 g/mol. The number of furan rings is 1. The summed E-state index contributed by atoms with van der Waals surface area (Å²) in [5.41, 5.74) is 2.41. The van der Waals surface area contributed by atoms with Gasteiger partial charge in [0.2, 0.25) is 0 Å². The van der Waals surface area contributed by atoms with Gasteiger partial charge in [0.05, 0.1) is 6.04 Å². The van der Waals surface area contributed by atoms with Crippen molar-refractivity contribution in [3.8, 4) is 0 Å². The molecule has 0 saturated carbocycles. The molecule has 1 aliphatic rings. The van der Waals surface area contributed by atoms with Gasteiger partial charge in [0.15, 0.2) is 10.8 Å². The van der Waals surface area contributed by atoms with Gasteiger partial charge in [0.1, 0.15) is 5.76 Å². The number of carbonyl (C=O) groups is 2. The van der Waals surface area contributed by atoms with Crippen LogP contribution in [0.15, 0.2) is 51.6 Å². The Morgan fingerprint density at radius 1 is 1.31 bits per heavy atom. The second-order valence-corrected chi connectivity index (χ2v) is 6.99. The van der Waals surface area contributed by atoms with Crippen LogP contribution < -0.4 is 5.32 Å². The van der Waals surface area contributed by atoms with Crippen LogP contribution in [-0.4, -0.2) is 18.0 Å². The van der Waals surface area contributed by atoms with Gasteiger partial charge in [-0.1, -0.05) is 24.3 Å². The van der Waals surface area contributed by atoms with Crippen molar-refractivity contribution in [2.45, 2.75) is 38.3 Å². The number of nitrogens with one attached hydrogen (secondary N) is 1. The zero-order valence-electron chi connectivity index (χ0n) is 14.4. The lowest BCUT2D eigenvalue weighted by atomic mass is 9.87. The average Bonchev–Trinajstić information content (AvgIpc) is 3.05. The van der Waals surface area contributed by atoms with E-state index in [0.717, 1.165) is 24.8 Å². The summed E-state index contributed by atoms with van der Waals surface area (Å²) in [6, 6.07) is 11.5. The first-order valence-corrected chi connectivity index (χ1v) is 9.34. The van der Waals surface area contributed by atoms with Gasteiger partial charge in [-0.05, 0) is 71.5 Å². The molecule has 1 amide bonds. The van der Waals surface area contributed by atoms with E-state index in [1.54, 1.807) is 19.1 Å². The molecule has 26 heavy (non-hydrogen) atoms. The summed E-state index contributed by atoms with van der Waals surface area (Å²) >= 11 is 3.19. The van der Waals surface area contributed by atoms with Crippen LogP contribution in [0.1, 0.15) is 42.7 Å². The fourth-order valence-electron chi connectivity index (χ4n) is 3.03. The minimum Gasteiger partial charge on any atom is -0.450 e. The molecule has 0 saturated heterocycles. The SMILES string of the molecule is C[C@H](OC(=O)/C=C/c1ccc(Br)o1)C(=O)N[C@H]1CCCc2ccccc21. The minimum absolute atomic E-state index is 0.0374. The fourth-order valence-corrected chi connectivity index (χ4v) is 3.35. The summed E-state index contributed by atoms with van der Waals surface area (Å²) in [6.07, 6.45) is 4.80. The van der Waals surface area contributed by atoms with Gasteiger partial charge in [-0.2, -0.15) is 0 Å². The Labute approximate surface area is 160 Å². The first kappa shape index (κ1) is 18.5. The molecule has 2 aromatic rings. The third-order valence-electron chi connectivity index (χ3n) is 4.33. The van der Waals surface area contributed by atoms with Crippen LogP contribution in [0.2, 0.25) is 0 Å². The number of carbonyl (C=O) groups excluding carboxylic acids is 2. The quantitative estimate of drug-likeness (QED) is 0.584. The maximum absolute atomic E-state index is 12.4. The molecule has 0 fully saturated rings. The zero-order chi connectivity index (χ0) is 18.5. The Kier molecular flexibility index (Phi) is 5.93. The number of hydrogen-bond donors (Lipinski definition) is 1. The molecule has 1 aromatic heterocycles. The summed E-state index contributed by atoms with van der Waals surface area (Å²) in [6.45, 7) is 1.57. The van der Waals surface area contributed by atoms with Gasteiger partial charge < -0.3 is 14.5 Å². The molecule has 1 aromatic carbocycles. The number of benzene rings is 1. The van der Waals surface area contributed by atoms with E-state index < -0.39 is 12.1 Å². The van der Waals surface area contributed by atoms with Crippen molar-refractivity contribution in [1.29, 1.82) is 0 Å². The molecule has 0 radical (unpaired) electrons. The predicted octanol–water partition coefficient (Wildman–Crippen LogP) is 4.18. The Hall–Kier alpha value is -2.34. The van der Waals surface area contributed by atoms with E-state index in [1.165, 1.54) is 17.7 Å². The molecule has 5 nitrogen and oxygen atoms in total. The third-order valence-corrected chi connectivity index (χ3v) is 4.75. The summed E-state index contributed by atoms with van der Waals surface area (Å²) < 4.78 is 11.0. The van der Waals surface area contributed by atoms with Crippen LogP contribution >= 0.6 is 15.9 Å². The van der Waals surface area contributed by atoms with E-state index in [1.807, 2.05) is 18.2 Å². The Morgan fingerprint density at radius 2 is 2.12 bits per heavy atom. The Morgan fingerprint density at radius 3 is 2.88 bits per heavy atom. The maximum atomic E-state index is 12.4. The molecule has 0 spiro atoms. The van der Waals surface area contributed by atoms with Gasteiger partial charge >= 0.3 is 5.97 Å². The fraction of sp³-hybridized carbons (Fsp3) is 0.300. The maximum Gasteiger partial charge on any atom is 0.331 e.